The van der Waals surface area contributed by atoms with E-state index in [1.54, 1.807) is 6.07 Å². The van der Waals surface area contributed by atoms with Crippen molar-refractivity contribution >= 4 is 22.0 Å². The number of aliphatic hydroxyl groups excluding tert-OH is 1. The van der Waals surface area contributed by atoms with Crippen molar-refractivity contribution in [3.63, 3.8) is 0 Å². The molecule has 0 spiro atoms. The van der Waals surface area contributed by atoms with E-state index in [0.29, 0.717) is 5.56 Å². The highest BCUT2D eigenvalue weighted by atomic mass is 79.9. The molecule has 0 radical (unpaired) electrons. The average molecular weight is 245 g/mol. The molecule has 3 heteroatoms. The van der Waals surface area contributed by atoms with Crippen LogP contribution >= 0.6 is 15.9 Å². The molecule has 0 atom stereocenters. The van der Waals surface area contributed by atoms with Crippen LogP contribution in [0.1, 0.15) is 11.1 Å². The van der Waals surface area contributed by atoms with Crippen molar-refractivity contribution in [3.05, 3.63) is 41.2 Å². The fraction of sp³-hybridized carbons (Fsp3) is 0.200. The maximum atomic E-state index is 12.7. The molecule has 0 heterocycles. The Balaban J connectivity index is 2.99. The third-order valence-corrected chi connectivity index (χ3v) is 2.04. The van der Waals surface area contributed by atoms with Gasteiger partial charge in [-0.25, -0.2) is 4.39 Å². The van der Waals surface area contributed by atoms with Crippen LogP contribution in [0.5, 0.6) is 0 Å². The Morgan fingerprint density at radius 3 is 2.85 bits per heavy atom. The second kappa shape index (κ2) is 5.14. The summed E-state index contributed by atoms with van der Waals surface area (Å²) in [5.74, 6) is -0.319. The SMILES string of the molecule is OCc1cc(F)ccc1C=CCBr. The van der Waals surface area contributed by atoms with Crippen molar-refractivity contribution in [1.82, 2.24) is 0 Å². The number of allylic oxidation sites excluding steroid dienone is 1. The zero-order valence-corrected chi connectivity index (χ0v) is 8.59. The smallest absolute Gasteiger partial charge is 0.123 e. The highest BCUT2D eigenvalue weighted by molar-refractivity contribution is 9.09. The minimum atomic E-state index is -0.319. The van der Waals surface area contributed by atoms with Gasteiger partial charge in [-0.05, 0) is 23.3 Å². The molecule has 0 saturated heterocycles. The average Bonchev–Trinajstić information content (AvgIpc) is 2.16. The van der Waals surface area contributed by atoms with Crippen molar-refractivity contribution < 1.29 is 9.50 Å². The predicted octanol–water partition coefficient (Wildman–Crippen LogP) is 2.73. The lowest BCUT2D eigenvalue weighted by Gasteiger charge is -2.01. The number of hydrogen-bond acceptors (Lipinski definition) is 1. The minimum absolute atomic E-state index is 0.139. The molecule has 0 unspecified atom stereocenters. The van der Waals surface area contributed by atoms with Gasteiger partial charge in [-0.3, -0.25) is 0 Å². The molecule has 0 aliphatic rings. The number of hydrogen-bond donors (Lipinski definition) is 1. The Morgan fingerprint density at radius 1 is 1.46 bits per heavy atom. The maximum Gasteiger partial charge on any atom is 0.123 e. The highest BCUT2D eigenvalue weighted by Crippen LogP contribution is 2.13. The van der Waals surface area contributed by atoms with E-state index in [1.165, 1.54) is 12.1 Å². The molecule has 0 aliphatic heterocycles. The van der Waals surface area contributed by atoms with Crippen molar-refractivity contribution in [2.24, 2.45) is 0 Å². The van der Waals surface area contributed by atoms with Crippen LogP contribution in [0, 0.1) is 5.82 Å². The summed E-state index contributed by atoms with van der Waals surface area (Å²) < 4.78 is 12.7. The highest BCUT2D eigenvalue weighted by Gasteiger charge is 1.99. The molecule has 1 aromatic rings. The Kier molecular flexibility index (Phi) is 4.12. The summed E-state index contributed by atoms with van der Waals surface area (Å²) >= 11 is 3.24. The molecule has 1 nitrogen and oxygen atoms in total. The van der Waals surface area contributed by atoms with Crippen LogP contribution in [0.15, 0.2) is 24.3 Å². The Bertz CT molecular complexity index is 310. The zero-order valence-electron chi connectivity index (χ0n) is 7.00. The van der Waals surface area contributed by atoms with Gasteiger partial charge in [0.2, 0.25) is 0 Å². The first kappa shape index (κ1) is 10.4. The molecule has 0 bridgehead atoms. The van der Waals surface area contributed by atoms with Gasteiger partial charge in [0.15, 0.2) is 0 Å². The van der Waals surface area contributed by atoms with E-state index in [-0.39, 0.29) is 12.4 Å². The number of benzene rings is 1. The van der Waals surface area contributed by atoms with E-state index < -0.39 is 0 Å². The van der Waals surface area contributed by atoms with E-state index >= 15 is 0 Å². The maximum absolute atomic E-state index is 12.7. The Labute approximate surface area is 85.0 Å². The molecule has 1 rings (SSSR count). The third-order valence-electron chi connectivity index (χ3n) is 1.66. The van der Waals surface area contributed by atoms with Gasteiger partial charge in [0.05, 0.1) is 6.61 Å². The molecule has 1 N–H and O–H groups in total. The molecule has 13 heavy (non-hydrogen) atoms. The van der Waals surface area contributed by atoms with E-state index in [0.717, 1.165) is 10.9 Å². The standard InChI is InChI=1S/C10H10BrFO/c11-5-1-2-8-3-4-10(12)6-9(8)7-13/h1-4,6,13H,5,7H2. The molecule has 0 saturated carbocycles. The van der Waals surface area contributed by atoms with Gasteiger partial charge in [-0.1, -0.05) is 34.1 Å². The lowest BCUT2D eigenvalue weighted by atomic mass is 10.1. The van der Waals surface area contributed by atoms with Gasteiger partial charge in [-0.2, -0.15) is 0 Å². The van der Waals surface area contributed by atoms with E-state index in [1.807, 2.05) is 12.2 Å². The normalized spacial score (nSPS) is 11.0. The second-order valence-corrected chi connectivity index (χ2v) is 3.21. The summed E-state index contributed by atoms with van der Waals surface area (Å²) in [6.07, 6.45) is 3.74. The lowest BCUT2D eigenvalue weighted by molar-refractivity contribution is 0.281. The molecule has 0 aromatic heterocycles. The van der Waals surface area contributed by atoms with Crippen LogP contribution < -0.4 is 0 Å². The Hall–Kier alpha value is -0.670. The summed E-state index contributed by atoms with van der Waals surface area (Å²) in [6, 6.07) is 4.38. The first-order valence-corrected chi connectivity index (χ1v) is 5.02. The molecular weight excluding hydrogens is 235 g/mol. The van der Waals surface area contributed by atoms with Crippen molar-refractivity contribution in [1.29, 1.82) is 0 Å². The van der Waals surface area contributed by atoms with Crippen LogP contribution in [0.25, 0.3) is 6.08 Å². The molecule has 0 amide bonds. The van der Waals surface area contributed by atoms with Crippen LogP contribution in [-0.4, -0.2) is 10.4 Å². The molecule has 0 fully saturated rings. The minimum Gasteiger partial charge on any atom is -0.392 e. The number of aliphatic hydroxyl groups is 1. The van der Waals surface area contributed by atoms with E-state index in [2.05, 4.69) is 15.9 Å². The van der Waals surface area contributed by atoms with Crippen molar-refractivity contribution in [2.45, 2.75) is 6.61 Å². The molecular formula is C10H10BrFO. The van der Waals surface area contributed by atoms with Gasteiger partial charge in [0.1, 0.15) is 5.82 Å². The van der Waals surface area contributed by atoms with Gasteiger partial charge in [-0.15, -0.1) is 0 Å². The quantitative estimate of drug-likeness (QED) is 0.812. The lowest BCUT2D eigenvalue weighted by Crippen LogP contribution is -1.89. The monoisotopic (exact) mass is 244 g/mol. The Morgan fingerprint density at radius 2 is 2.23 bits per heavy atom. The molecule has 0 aliphatic carbocycles. The van der Waals surface area contributed by atoms with Gasteiger partial charge < -0.3 is 5.11 Å². The van der Waals surface area contributed by atoms with Crippen LogP contribution in [-0.2, 0) is 6.61 Å². The van der Waals surface area contributed by atoms with Crippen LogP contribution in [0.2, 0.25) is 0 Å². The third kappa shape index (κ3) is 2.94. The predicted molar refractivity (Wildman–Crippen MR) is 55.2 cm³/mol. The number of rotatable bonds is 3. The summed E-state index contributed by atoms with van der Waals surface area (Å²) in [7, 11) is 0. The summed E-state index contributed by atoms with van der Waals surface area (Å²) in [5, 5.41) is 9.68. The van der Waals surface area contributed by atoms with Crippen LogP contribution in [0.3, 0.4) is 0 Å². The zero-order chi connectivity index (χ0) is 9.68. The number of alkyl halides is 1. The van der Waals surface area contributed by atoms with E-state index in [9.17, 15) is 4.39 Å². The van der Waals surface area contributed by atoms with Crippen molar-refractivity contribution in [3.8, 4) is 0 Å². The first-order chi connectivity index (χ1) is 6.27. The summed E-state index contributed by atoms with van der Waals surface area (Å²) in [4.78, 5) is 0. The van der Waals surface area contributed by atoms with Gasteiger partial charge in [0, 0.05) is 5.33 Å². The molecule has 1 aromatic carbocycles. The van der Waals surface area contributed by atoms with Crippen molar-refractivity contribution in [2.75, 3.05) is 5.33 Å². The first-order valence-electron chi connectivity index (χ1n) is 3.89. The van der Waals surface area contributed by atoms with Gasteiger partial charge in [0.25, 0.3) is 0 Å². The van der Waals surface area contributed by atoms with Crippen LogP contribution in [0.4, 0.5) is 4.39 Å². The summed E-state index contributed by atoms with van der Waals surface area (Å²) in [6.45, 7) is -0.139. The topological polar surface area (TPSA) is 20.2 Å². The fourth-order valence-electron chi connectivity index (χ4n) is 1.05. The van der Waals surface area contributed by atoms with Gasteiger partial charge >= 0.3 is 0 Å². The molecule has 70 valence electrons. The second-order valence-electron chi connectivity index (χ2n) is 2.56. The summed E-state index contributed by atoms with van der Waals surface area (Å²) in [5.41, 5.74) is 1.46. The van der Waals surface area contributed by atoms with E-state index in [4.69, 9.17) is 5.11 Å². The largest absolute Gasteiger partial charge is 0.392 e. The number of halogens is 2. The fourth-order valence-corrected chi connectivity index (χ4v) is 1.23.